The first-order valence-corrected chi connectivity index (χ1v) is 8.16. The highest BCUT2D eigenvalue weighted by molar-refractivity contribution is 14.1. The predicted molar refractivity (Wildman–Crippen MR) is 98.5 cm³/mol. The Morgan fingerprint density at radius 3 is 2.72 bits per heavy atom. The number of aryl methyl sites for hydroxylation is 1. The fraction of sp³-hybridized carbons (Fsp3) is 0.0667. The van der Waals surface area contributed by atoms with Crippen LogP contribution >= 0.6 is 22.9 Å². The number of hydrogen-bond donors (Lipinski definition) is 0. The van der Waals surface area contributed by atoms with Crippen LogP contribution < -0.4 is 11.2 Å². The van der Waals surface area contributed by atoms with Gasteiger partial charge < -0.3 is 0 Å². The Balaban J connectivity index is 1.85. The number of halogens is 1. The van der Waals surface area contributed by atoms with Gasteiger partial charge in [0.1, 0.15) is 17.2 Å². The third kappa shape index (κ3) is 2.73. The van der Waals surface area contributed by atoms with Crippen LogP contribution in [0.5, 0.6) is 0 Å². The van der Waals surface area contributed by atoms with Gasteiger partial charge in [0.25, 0.3) is 5.56 Å². The fourth-order valence-electron chi connectivity index (χ4n) is 2.35. The minimum Gasteiger partial charge on any atom is -0.267 e. The number of fused-ring (bicyclic) bond motifs is 1. The summed E-state index contributed by atoms with van der Waals surface area (Å²) in [6.07, 6.45) is 6.29. The van der Waals surface area contributed by atoms with Crippen molar-refractivity contribution in [1.82, 2.24) is 32.3 Å². The Morgan fingerprint density at radius 1 is 1.08 bits per heavy atom. The summed E-state index contributed by atoms with van der Waals surface area (Å²) in [6.45, 7) is 1.95. The maximum absolute atomic E-state index is 12.2. The van der Waals surface area contributed by atoms with E-state index in [1.807, 2.05) is 13.0 Å². The van der Waals surface area contributed by atoms with Crippen molar-refractivity contribution in [2.24, 2.45) is 0 Å². The van der Waals surface area contributed by atoms with E-state index < -0.39 is 11.2 Å². The van der Waals surface area contributed by atoms with Crippen LogP contribution in [0.3, 0.4) is 0 Å². The van der Waals surface area contributed by atoms with E-state index in [2.05, 4.69) is 20.2 Å². The third-order valence-corrected chi connectivity index (χ3v) is 4.40. The second kappa shape index (κ2) is 5.88. The van der Waals surface area contributed by atoms with Gasteiger partial charge in [-0.25, -0.2) is 14.5 Å². The molecule has 4 aromatic heterocycles. The Morgan fingerprint density at radius 2 is 1.92 bits per heavy atom. The van der Waals surface area contributed by atoms with Crippen LogP contribution in [0.25, 0.3) is 22.5 Å². The van der Waals surface area contributed by atoms with E-state index in [0.29, 0.717) is 16.9 Å². The summed E-state index contributed by atoms with van der Waals surface area (Å²) in [6, 6.07) is 5.33. The van der Waals surface area contributed by atoms with Gasteiger partial charge in [0.15, 0.2) is 5.82 Å². The molecular formula is C15H10IN7O2. The second-order valence-corrected chi connectivity index (χ2v) is 6.29. The summed E-state index contributed by atoms with van der Waals surface area (Å²) in [5.41, 5.74) is 2.04. The van der Waals surface area contributed by atoms with Gasteiger partial charge in [-0.2, -0.15) is 17.7 Å². The van der Waals surface area contributed by atoms with E-state index in [4.69, 9.17) is 0 Å². The van der Waals surface area contributed by atoms with Crippen molar-refractivity contribution >= 4 is 33.9 Å². The summed E-state index contributed by atoms with van der Waals surface area (Å²) in [5, 5.41) is 8.32. The lowest BCUT2D eigenvalue weighted by Crippen LogP contribution is -2.35. The van der Waals surface area contributed by atoms with Crippen LogP contribution in [0.2, 0.25) is 0 Å². The summed E-state index contributed by atoms with van der Waals surface area (Å²) in [4.78, 5) is 32.2. The molecule has 4 aromatic rings. The lowest BCUT2D eigenvalue weighted by Gasteiger charge is -2.02. The molecular weight excluding hydrogens is 437 g/mol. The van der Waals surface area contributed by atoms with Crippen LogP contribution in [0.1, 0.15) is 5.56 Å². The van der Waals surface area contributed by atoms with E-state index >= 15 is 0 Å². The summed E-state index contributed by atoms with van der Waals surface area (Å²) in [5.74, 6) is 0.310. The average Bonchev–Trinajstić information content (AvgIpc) is 3.03. The Hall–Kier alpha value is -2.89. The lowest BCUT2D eigenvalue weighted by atomic mass is 10.3. The van der Waals surface area contributed by atoms with Crippen molar-refractivity contribution in [1.29, 1.82) is 0 Å². The molecule has 0 amide bonds. The van der Waals surface area contributed by atoms with Crippen molar-refractivity contribution in [2.45, 2.75) is 6.92 Å². The minimum absolute atomic E-state index is 0.310. The quantitative estimate of drug-likeness (QED) is 0.426. The molecule has 0 bridgehead atoms. The molecule has 0 saturated carbocycles. The van der Waals surface area contributed by atoms with Crippen LogP contribution in [-0.2, 0) is 0 Å². The lowest BCUT2D eigenvalue weighted by molar-refractivity contribution is 0.727. The van der Waals surface area contributed by atoms with E-state index in [-0.39, 0.29) is 0 Å². The molecule has 0 unspecified atom stereocenters. The molecule has 124 valence electrons. The maximum Gasteiger partial charge on any atom is 0.362 e. The summed E-state index contributed by atoms with van der Waals surface area (Å²) >= 11 is 1.63. The molecule has 0 radical (unpaired) electrons. The smallest absolute Gasteiger partial charge is 0.267 e. The maximum atomic E-state index is 12.2. The van der Waals surface area contributed by atoms with Gasteiger partial charge in [0, 0.05) is 6.20 Å². The molecule has 0 aliphatic heterocycles. The number of hydrogen-bond acceptors (Lipinski definition) is 6. The van der Waals surface area contributed by atoms with E-state index in [1.165, 1.54) is 0 Å². The first-order valence-electron chi connectivity index (χ1n) is 7.19. The van der Waals surface area contributed by atoms with Crippen LogP contribution in [0.15, 0.2) is 52.6 Å². The molecule has 0 aliphatic carbocycles. The molecule has 4 rings (SSSR count). The van der Waals surface area contributed by atoms with Gasteiger partial charge in [-0.05, 0) is 30.7 Å². The van der Waals surface area contributed by atoms with Gasteiger partial charge in [0.05, 0.1) is 40.9 Å². The first kappa shape index (κ1) is 15.6. The number of nitrogens with zero attached hydrogens (tertiary/aromatic N) is 7. The van der Waals surface area contributed by atoms with Crippen LogP contribution in [-0.4, -0.2) is 32.3 Å². The molecule has 9 nitrogen and oxygen atoms in total. The first-order chi connectivity index (χ1) is 12.0. The molecule has 0 N–H and O–H groups in total. The monoisotopic (exact) mass is 447 g/mol. The van der Waals surface area contributed by atoms with Gasteiger partial charge in [0.2, 0.25) is 0 Å². The third-order valence-electron chi connectivity index (χ3n) is 3.52. The highest BCUT2D eigenvalue weighted by atomic mass is 127. The van der Waals surface area contributed by atoms with E-state index in [0.717, 1.165) is 24.9 Å². The molecule has 0 aliphatic rings. The SMILES string of the molecule is Cc1cncc(-n2cc3nc(-n4ncc(=O)n(I)c4=O)ccc3n2)c1. The Labute approximate surface area is 154 Å². The van der Waals surface area contributed by atoms with Gasteiger partial charge in [-0.1, -0.05) is 0 Å². The van der Waals surface area contributed by atoms with Crippen molar-refractivity contribution in [2.75, 3.05) is 0 Å². The average molecular weight is 447 g/mol. The Kier molecular flexibility index (Phi) is 3.67. The topological polar surface area (TPSA) is 100 Å². The summed E-state index contributed by atoms with van der Waals surface area (Å²) < 4.78 is 3.69. The Bertz CT molecular complexity index is 1220. The molecule has 0 saturated heterocycles. The molecule has 0 aromatic carbocycles. The zero-order chi connectivity index (χ0) is 17.6. The van der Waals surface area contributed by atoms with Crippen LogP contribution in [0.4, 0.5) is 0 Å². The zero-order valence-electron chi connectivity index (χ0n) is 12.9. The highest BCUT2D eigenvalue weighted by Crippen LogP contribution is 2.15. The van der Waals surface area contributed by atoms with Gasteiger partial charge in [-0.15, -0.1) is 0 Å². The van der Waals surface area contributed by atoms with Gasteiger partial charge in [-0.3, -0.25) is 9.78 Å². The normalized spacial score (nSPS) is 11.1. The van der Waals surface area contributed by atoms with Gasteiger partial charge >= 0.3 is 5.69 Å². The number of aromatic nitrogens is 7. The zero-order valence-corrected chi connectivity index (χ0v) is 15.0. The fourth-order valence-corrected chi connectivity index (χ4v) is 2.68. The summed E-state index contributed by atoms with van der Waals surface area (Å²) in [7, 11) is 0. The minimum atomic E-state index is -0.574. The number of rotatable bonds is 2. The molecule has 0 spiro atoms. The van der Waals surface area contributed by atoms with Crippen molar-refractivity contribution in [3.63, 3.8) is 0 Å². The molecule has 0 fully saturated rings. The predicted octanol–water partition coefficient (Wildman–Crippen LogP) is 1.03. The second-order valence-electron chi connectivity index (χ2n) is 5.33. The van der Waals surface area contributed by atoms with Crippen molar-refractivity contribution in [3.05, 3.63) is 69.4 Å². The number of pyridine rings is 2. The molecule has 25 heavy (non-hydrogen) atoms. The van der Waals surface area contributed by atoms with Crippen molar-refractivity contribution < 1.29 is 0 Å². The van der Waals surface area contributed by atoms with E-state index in [9.17, 15) is 9.59 Å². The molecule has 4 heterocycles. The van der Waals surface area contributed by atoms with E-state index in [1.54, 1.807) is 58.3 Å². The highest BCUT2D eigenvalue weighted by Gasteiger charge is 2.10. The van der Waals surface area contributed by atoms with Crippen LogP contribution in [0, 0.1) is 6.92 Å². The largest absolute Gasteiger partial charge is 0.362 e. The molecule has 0 atom stereocenters. The standard InChI is InChI=1S/C15H10IN7O2/c1-9-4-10(6-17-5-9)21-8-12-11(20-21)2-3-13(19-12)23-15(25)22(16)14(24)7-18-23/h2-8H,1H3. The molecule has 10 heteroatoms. The van der Waals surface area contributed by atoms with Crippen molar-refractivity contribution in [3.8, 4) is 11.5 Å².